The van der Waals surface area contributed by atoms with E-state index in [0.29, 0.717) is 30.9 Å². The Morgan fingerprint density at radius 2 is 1.83 bits per heavy atom. The minimum Gasteiger partial charge on any atom is -0.347 e. The summed E-state index contributed by atoms with van der Waals surface area (Å²) in [6.07, 6.45) is 3.13. The van der Waals surface area contributed by atoms with Crippen LogP contribution in [0.3, 0.4) is 0 Å². The molecule has 4 aliphatic heterocycles. The highest BCUT2D eigenvalue weighted by molar-refractivity contribution is 7.89. The van der Waals surface area contributed by atoms with Gasteiger partial charge in [0, 0.05) is 36.3 Å². The first-order valence-corrected chi connectivity index (χ1v) is 14.3. The Morgan fingerprint density at radius 3 is 2.50 bits per heavy atom. The number of dihydropyridines is 1. The molecule has 0 bridgehead atoms. The number of carbonyl (C=O) groups excluding carboxylic acids is 1. The van der Waals surface area contributed by atoms with Crippen molar-refractivity contribution in [2.75, 3.05) is 13.1 Å². The fourth-order valence-corrected chi connectivity index (χ4v) is 7.69. The van der Waals surface area contributed by atoms with Crippen molar-refractivity contribution in [1.29, 1.82) is 0 Å². The number of nitrogens with one attached hydrogen (secondary N) is 2. The summed E-state index contributed by atoms with van der Waals surface area (Å²) in [5.74, 6) is 0.542. The average Bonchev–Trinajstić information content (AvgIpc) is 3.43. The smallest absolute Gasteiger partial charge is 0.250 e. The molecule has 0 saturated carbocycles. The zero-order valence-electron chi connectivity index (χ0n) is 22.1. The average molecular weight is 512 g/mol. The third-order valence-corrected chi connectivity index (χ3v) is 9.61. The Labute approximate surface area is 214 Å². The van der Waals surface area contributed by atoms with Crippen molar-refractivity contribution in [2.45, 2.75) is 89.1 Å². The standard InChI is InChI=1S/C27H37N5O3S/c1-25(2,3)15-20-21-23(31-30-20)28-19-16-26(4,5)29-24(33)22(19)27(21,6)17-10-9-11-18(14-17)36(34,35)32-12-7-8-13-32/h9-11,14,20,28H,7-8,12-13,15-16H2,1-6H3,(H,29,33)/t20?,27-/m0/s1. The van der Waals surface area contributed by atoms with Crippen molar-refractivity contribution in [3.63, 3.8) is 0 Å². The van der Waals surface area contributed by atoms with E-state index >= 15 is 0 Å². The van der Waals surface area contributed by atoms with Crippen molar-refractivity contribution in [3.8, 4) is 0 Å². The molecule has 0 aromatic heterocycles. The second kappa shape index (κ2) is 8.25. The lowest BCUT2D eigenvalue weighted by Gasteiger charge is -2.46. The molecule has 0 spiro atoms. The Bertz CT molecular complexity index is 1310. The van der Waals surface area contributed by atoms with Gasteiger partial charge in [-0.2, -0.15) is 9.42 Å². The van der Waals surface area contributed by atoms with Crippen LogP contribution < -0.4 is 10.6 Å². The van der Waals surface area contributed by atoms with E-state index in [4.69, 9.17) is 0 Å². The molecule has 194 valence electrons. The van der Waals surface area contributed by atoms with Crippen LogP contribution in [0.1, 0.15) is 72.8 Å². The molecule has 4 aliphatic rings. The Balaban J connectivity index is 1.69. The van der Waals surface area contributed by atoms with Crippen LogP contribution in [-0.2, 0) is 20.2 Å². The zero-order chi connectivity index (χ0) is 26.1. The molecule has 1 unspecified atom stereocenters. The number of benzene rings is 1. The number of amides is 1. The molecule has 8 nitrogen and oxygen atoms in total. The van der Waals surface area contributed by atoms with E-state index in [1.807, 2.05) is 26.8 Å². The van der Waals surface area contributed by atoms with E-state index in [-0.39, 0.29) is 22.3 Å². The van der Waals surface area contributed by atoms with Crippen molar-refractivity contribution in [3.05, 3.63) is 52.5 Å². The van der Waals surface area contributed by atoms with E-state index < -0.39 is 21.0 Å². The van der Waals surface area contributed by atoms with Crippen molar-refractivity contribution in [1.82, 2.24) is 14.9 Å². The molecule has 36 heavy (non-hydrogen) atoms. The van der Waals surface area contributed by atoms with Gasteiger partial charge < -0.3 is 10.6 Å². The van der Waals surface area contributed by atoms with Crippen LogP contribution in [0.25, 0.3) is 0 Å². The molecule has 4 heterocycles. The van der Waals surface area contributed by atoms with Crippen LogP contribution in [0.15, 0.2) is 62.1 Å². The Morgan fingerprint density at radius 1 is 1.14 bits per heavy atom. The molecule has 5 rings (SSSR count). The van der Waals surface area contributed by atoms with Crippen LogP contribution in [0.5, 0.6) is 0 Å². The Kier molecular flexibility index (Phi) is 5.76. The fraction of sp³-hybridized carbons (Fsp3) is 0.593. The van der Waals surface area contributed by atoms with Gasteiger partial charge >= 0.3 is 0 Å². The summed E-state index contributed by atoms with van der Waals surface area (Å²) in [6.45, 7) is 13.6. The molecule has 1 saturated heterocycles. The van der Waals surface area contributed by atoms with Gasteiger partial charge in [0.15, 0.2) is 5.82 Å². The lowest BCUT2D eigenvalue weighted by atomic mass is 9.63. The van der Waals surface area contributed by atoms with E-state index in [9.17, 15) is 13.2 Å². The van der Waals surface area contributed by atoms with Gasteiger partial charge in [-0.3, -0.25) is 4.79 Å². The largest absolute Gasteiger partial charge is 0.347 e. The molecule has 2 N–H and O–H groups in total. The predicted molar refractivity (Wildman–Crippen MR) is 139 cm³/mol. The lowest BCUT2D eigenvalue weighted by molar-refractivity contribution is -0.120. The summed E-state index contributed by atoms with van der Waals surface area (Å²) >= 11 is 0. The third-order valence-electron chi connectivity index (χ3n) is 7.71. The molecular formula is C27H37N5O3S. The topological polar surface area (TPSA) is 103 Å². The number of hydrogen-bond donors (Lipinski definition) is 2. The number of carbonyl (C=O) groups is 1. The first-order valence-electron chi connectivity index (χ1n) is 12.8. The third kappa shape index (κ3) is 4.10. The monoisotopic (exact) mass is 511 g/mol. The summed E-state index contributed by atoms with van der Waals surface area (Å²) in [7, 11) is -3.61. The summed E-state index contributed by atoms with van der Waals surface area (Å²) in [5, 5.41) is 15.8. The molecule has 2 atom stereocenters. The van der Waals surface area contributed by atoms with Crippen molar-refractivity contribution < 1.29 is 13.2 Å². The summed E-state index contributed by atoms with van der Waals surface area (Å²) in [6, 6.07) is 6.93. The van der Waals surface area contributed by atoms with Crippen LogP contribution >= 0.6 is 0 Å². The number of azo groups is 1. The highest BCUT2D eigenvalue weighted by Crippen LogP contribution is 2.52. The van der Waals surface area contributed by atoms with Crippen molar-refractivity contribution >= 4 is 15.9 Å². The summed E-state index contributed by atoms with van der Waals surface area (Å²) in [5.41, 5.74) is 1.85. The van der Waals surface area contributed by atoms with Crippen LogP contribution in [0.4, 0.5) is 0 Å². The highest BCUT2D eigenvalue weighted by Gasteiger charge is 2.52. The lowest BCUT2D eigenvalue weighted by Crippen LogP contribution is -2.55. The first-order chi connectivity index (χ1) is 16.7. The van der Waals surface area contributed by atoms with Gasteiger partial charge in [0.1, 0.15) is 0 Å². The van der Waals surface area contributed by atoms with E-state index in [1.54, 1.807) is 22.5 Å². The maximum absolute atomic E-state index is 13.7. The molecule has 1 aromatic carbocycles. The van der Waals surface area contributed by atoms with Gasteiger partial charge in [-0.15, -0.1) is 5.11 Å². The summed E-state index contributed by atoms with van der Waals surface area (Å²) < 4.78 is 28.5. The van der Waals surface area contributed by atoms with Crippen LogP contribution in [0.2, 0.25) is 0 Å². The Hall–Kier alpha value is -2.52. The van der Waals surface area contributed by atoms with Gasteiger partial charge in [-0.1, -0.05) is 32.9 Å². The number of sulfonamides is 1. The van der Waals surface area contributed by atoms with Gasteiger partial charge in [-0.25, -0.2) is 8.42 Å². The molecule has 0 aliphatic carbocycles. The normalized spacial score (nSPS) is 28.2. The first kappa shape index (κ1) is 25.1. The van der Waals surface area contributed by atoms with E-state index in [0.717, 1.165) is 36.1 Å². The zero-order valence-corrected chi connectivity index (χ0v) is 22.9. The molecule has 1 amide bonds. The van der Waals surface area contributed by atoms with Crippen LogP contribution in [0, 0.1) is 5.41 Å². The molecule has 9 heteroatoms. The predicted octanol–water partition coefficient (Wildman–Crippen LogP) is 4.37. The van der Waals surface area contributed by atoms with Gasteiger partial charge in [-0.05, 0) is 63.1 Å². The van der Waals surface area contributed by atoms with Gasteiger partial charge in [0.25, 0.3) is 5.91 Å². The minimum absolute atomic E-state index is 0.0144. The van der Waals surface area contributed by atoms with Crippen LogP contribution in [-0.4, -0.2) is 43.3 Å². The highest BCUT2D eigenvalue weighted by atomic mass is 32.2. The molecular weight excluding hydrogens is 474 g/mol. The number of rotatable bonds is 4. The second-order valence-electron chi connectivity index (χ2n) is 12.5. The maximum Gasteiger partial charge on any atom is 0.250 e. The number of hydrogen-bond acceptors (Lipinski definition) is 6. The molecule has 1 fully saturated rings. The summed E-state index contributed by atoms with van der Waals surface area (Å²) in [4.78, 5) is 14.0. The maximum atomic E-state index is 13.7. The second-order valence-corrected chi connectivity index (χ2v) is 14.5. The van der Waals surface area contributed by atoms with Gasteiger partial charge in [0.05, 0.1) is 21.9 Å². The molecule has 0 radical (unpaired) electrons. The quantitative estimate of drug-likeness (QED) is 0.627. The van der Waals surface area contributed by atoms with E-state index in [1.165, 1.54) is 0 Å². The van der Waals surface area contributed by atoms with Gasteiger partial charge in [0.2, 0.25) is 10.0 Å². The fourth-order valence-electron chi connectivity index (χ4n) is 6.12. The van der Waals surface area contributed by atoms with E-state index in [2.05, 4.69) is 41.6 Å². The minimum atomic E-state index is -3.61. The van der Waals surface area contributed by atoms with Crippen molar-refractivity contribution in [2.24, 2.45) is 15.6 Å². The number of nitrogens with zero attached hydrogens (tertiary/aromatic N) is 3. The SMILES string of the molecule is CC(C)(C)CC1N=NC2=C1[C@](C)(c1cccc(S(=O)(=O)N3CCCC3)c1)C1=C(CC(C)(C)NC1=O)N2. The molecule has 1 aromatic rings.